The number of aryl methyl sites for hydroxylation is 2. The number of ether oxygens (including phenoxy) is 1. The molecule has 2 rings (SSSR count). The van der Waals surface area contributed by atoms with E-state index in [1.54, 1.807) is 13.1 Å². The van der Waals surface area contributed by atoms with E-state index < -0.39 is 0 Å². The molecule has 1 atom stereocenters. The number of aromatic nitrogens is 2. The molecule has 7 heteroatoms. The number of imidazole rings is 1. The van der Waals surface area contributed by atoms with Gasteiger partial charge in [-0.2, -0.15) is 0 Å². The van der Waals surface area contributed by atoms with Crippen LogP contribution in [0.4, 0.5) is 0 Å². The Morgan fingerprint density at radius 2 is 2.17 bits per heavy atom. The van der Waals surface area contributed by atoms with Crippen molar-refractivity contribution in [2.24, 2.45) is 0 Å². The molecule has 0 N–H and O–H groups in total. The summed E-state index contributed by atoms with van der Waals surface area (Å²) < 4.78 is 6.87. The average Bonchev–Trinajstić information content (AvgIpc) is 3.20. The minimum Gasteiger partial charge on any atom is -0.466 e. The molecule has 0 bridgehead atoms. The molecule has 0 aromatic carbocycles. The Kier molecular flexibility index (Phi) is 6.78. The Hall–Kier alpha value is -1.89. The van der Waals surface area contributed by atoms with Crippen LogP contribution in [-0.4, -0.2) is 71.1 Å². The van der Waals surface area contributed by atoms with Crippen molar-refractivity contribution in [3.8, 4) is 0 Å². The molecule has 1 saturated heterocycles. The van der Waals surface area contributed by atoms with Gasteiger partial charge in [0.15, 0.2) is 0 Å². The van der Waals surface area contributed by atoms with E-state index in [9.17, 15) is 9.59 Å². The van der Waals surface area contributed by atoms with Crippen LogP contribution in [0.3, 0.4) is 0 Å². The fraction of sp³-hybridized carbons (Fsp3) is 0.706. The molecule has 0 spiro atoms. The molecule has 1 aromatic rings. The maximum atomic E-state index is 12.4. The molecular weight excluding hydrogens is 308 g/mol. The highest BCUT2D eigenvalue weighted by Crippen LogP contribution is 2.15. The predicted molar refractivity (Wildman–Crippen MR) is 90.5 cm³/mol. The van der Waals surface area contributed by atoms with Crippen molar-refractivity contribution in [1.29, 1.82) is 0 Å². The molecule has 1 amide bonds. The maximum absolute atomic E-state index is 12.4. The van der Waals surface area contributed by atoms with E-state index in [2.05, 4.69) is 24.0 Å². The average molecular weight is 336 g/mol. The monoisotopic (exact) mass is 336 g/mol. The minimum atomic E-state index is -0.208. The minimum absolute atomic E-state index is 0.180. The SMILES string of the molecule is CCOC(=O)CCn1ccnc1CCC(=O)N1CC[C@H](N(C)C)C1. The number of nitrogens with zero attached hydrogens (tertiary/aromatic N) is 4. The number of esters is 1. The summed E-state index contributed by atoms with van der Waals surface area (Å²) in [5.41, 5.74) is 0. The molecule has 1 fully saturated rings. The third-order valence-corrected chi connectivity index (χ3v) is 4.47. The summed E-state index contributed by atoms with van der Waals surface area (Å²) in [6.45, 7) is 4.37. The first-order valence-electron chi connectivity index (χ1n) is 8.61. The molecule has 1 aliphatic rings. The normalized spacial score (nSPS) is 17.5. The zero-order valence-electron chi connectivity index (χ0n) is 14.9. The summed E-state index contributed by atoms with van der Waals surface area (Å²) in [6, 6.07) is 0.459. The van der Waals surface area contributed by atoms with Gasteiger partial charge in [0.1, 0.15) is 5.82 Å². The van der Waals surface area contributed by atoms with Crippen LogP contribution in [0.2, 0.25) is 0 Å². The highest BCUT2D eigenvalue weighted by atomic mass is 16.5. The van der Waals surface area contributed by atoms with Crippen LogP contribution < -0.4 is 0 Å². The van der Waals surface area contributed by atoms with Gasteiger partial charge in [-0.1, -0.05) is 0 Å². The van der Waals surface area contributed by atoms with E-state index in [0.29, 0.717) is 38.5 Å². The number of rotatable bonds is 8. The van der Waals surface area contributed by atoms with Crippen molar-refractivity contribution in [2.45, 2.75) is 45.2 Å². The van der Waals surface area contributed by atoms with Crippen LogP contribution in [0, 0.1) is 0 Å². The summed E-state index contributed by atoms with van der Waals surface area (Å²) in [5.74, 6) is 0.815. The Morgan fingerprint density at radius 1 is 1.38 bits per heavy atom. The van der Waals surface area contributed by atoms with Gasteiger partial charge in [-0.25, -0.2) is 4.98 Å². The third-order valence-electron chi connectivity index (χ3n) is 4.47. The van der Waals surface area contributed by atoms with Gasteiger partial charge in [-0.05, 0) is 27.4 Å². The van der Waals surface area contributed by atoms with Crippen LogP contribution in [0.5, 0.6) is 0 Å². The van der Waals surface area contributed by atoms with Gasteiger partial charge < -0.3 is 19.1 Å². The van der Waals surface area contributed by atoms with Gasteiger partial charge in [0, 0.05) is 50.9 Å². The zero-order chi connectivity index (χ0) is 17.5. The quantitative estimate of drug-likeness (QED) is 0.661. The van der Waals surface area contributed by atoms with E-state index >= 15 is 0 Å². The second-order valence-corrected chi connectivity index (χ2v) is 6.34. The lowest BCUT2D eigenvalue weighted by Crippen LogP contribution is -2.34. The molecule has 0 aliphatic carbocycles. The summed E-state index contributed by atoms with van der Waals surface area (Å²) in [7, 11) is 4.11. The second kappa shape index (κ2) is 8.82. The fourth-order valence-corrected chi connectivity index (χ4v) is 2.98. The molecule has 1 aliphatic heterocycles. The summed E-state index contributed by atoms with van der Waals surface area (Å²) in [6.07, 6.45) is 5.96. The Labute approximate surface area is 143 Å². The summed E-state index contributed by atoms with van der Waals surface area (Å²) in [5, 5.41) is 0. The van der Waals surface area contributed by atoms with Gasteiger partial charge in [0.25, 0.3) is 0 Å². The molecule has 134 valence electrons. The molecule has 0 radical (unpaired) electrons. The van der Waals surface area contributed by atoms with Gasteiger partial charge in [0.2, 0.25) is 5.91 Å². The van der Waals surface area contributed by atoms with E-state index in [1.165, 1.54) is 0 Å². The Bertz CT molecular complexity index is 556. The third kappa shape index (κ3) is 5.06. The molecule has 24 heavy (non-hydrogen) atoms. The predicted octanol–water partition coefficient (Wildman–Crippen LogP) is 0.931. The van der Waals surface area contributed by atoms with Crippen LogP contribution in [0.1, 0.15) is 32.0 Å². The van der Waals surface area contributed by atoms with Gasteiger partial charge in [-0.3, -0.25) is 9.59 Å². The first-order chi connectivity index (χ1) is 11.5. The molecule has 7 nitrogen and oxygen atoms in total. The number of hydrogen-bond donors (Lipinski definition) is 0. The standard InChI is InChI=1S/C17H28N4O3/c1-4-24-17(23)8-11-20-12-9-18-15(20)5-6-16(22)21-10-7-14(13-21)19(2)3/h9,12,14H,4-8,10-11,13H2,1-3H3/t14-/m0/s1. The van der Waals surface area contributed by atoms with Crippen molar-refractivity contribution in [3.63, 3.8) is 0 Å². The van der Waals surface area contributed by atoms with Crippen LogP contribution in [0.25, 0.3) is 0 Å². The van der Waals surface area contributed by atoms with E-state index in [0.717, 1.165) is 25.3 Å². The molecular formula is C17H28N4O3. The molecule has 1 aromatic heterocycles. The number of likely N-dealkylation sites (N-methyl/N-ethyl adjacent to an activating group) is 1. The first kappa shape index (κ1) is 18.4. The lowest BCUT2D eigenvalue weighted by Gasteiger charge is -2.20. The molecule has 0 saturated carbocycles. The van der Waals surface area contributed by atoms with E-state index in [-0.39, 0.29) is 11.9 Å². The Morgan fingerprint density at radius 3 is 2.83 bits per heavy atom. The van der Waals surface area contributed by atoms with Crippen molar-refractivity contribution in [3.05, 3.63) is 18.2 Å². The van der Waals surface area contributed by atoms with E-state index in [4.69, 9.17) is 4.74 Å². The largest absolute Gasteiger partial charge is 0.466 e. The highest BCUT2D eigenvalue weighted by molar-refractivity contribution is 5.76. The van der Waals surface area contributed by atoms with Gasteiger partial charge >= 0.3 is 5.97 Å². The highest BCUT2D eigenvalue weighted by Gasteiger charge is 2.27. The maximum Gasteiger partial charge on any atom is 0.307 e. The van der Waals surface area contributed by atoms with Crippen molar-refractivity contribution >= 4 is 11.9 Å². The first-order valence-corrected chi connectivity index (χ1v) is 8.61. The van der Waals surface area contributed by atoms with Crippen molar-refractivity contribution < 1.29 is 14.3 Å². The van der Waals surface area contributed by atoms with E-state index in [1.807, 2.05) is 15.7 Å². The number of hydrogen-bond acceptors (Lipinski definition) is 5. The zero-order valence-corrected chi connectivity index (χ0v) is 14.9. The number of carbonyl (C=O) groups excluding carboxylic acids is 2. The van der Waals surface area contributed by atoms with Crippen LogP contribution >= 0.6 is 0 Å². The Balaban J connectivity index is 1.79. The second-order valence-electron chi connectivity index (χ2n) is 6.34. The molecule has 0 unspecified atom stereocenters. The van der Waals surface area contributed by atoms with Gasteiger partial charge in [0.05, 0.1) is 13.0 Å². The fourth-order valence-electron chi connectivity index (χ4n) is 2.98. The van der Waals surface area contributed by atoms with Crippen LogP contribution in [-0.2, 0) is 27.3 Å². The van der Waals surface area contributed by atoms with Gasteiger partial charge in [-0.15, -0.1) is 0 Å². The van der Waals surface area contributed by atoms with Crippen molar-refractivity contribution in [2.75, 3.05) is 33.8 Å². The van der Waals surface area contributed by atoms with Crippen molar-refractivity contribution in [1.82, 2.24) is 19.4 Å². The molecule has 2 heterocycles. The number of amides is 1. The summed E-state index contributed by atoms with van der Waals surface area (Å²) in [4.78, 5) is 32.3. The topological polar surface area (TPSA) is 67.7 Å². The lowest BCUT2D eigenvalue weighted by molar-refractivity contribution is -0.143. The van der Waals surface area contributed by atoms with Crippen LogP contribution in [0.15, 0.2) is 12.4 Å². The summed E-state index contributed by atoms with van der Waals surface area (Å²) >= 11 is 0. The lowest BCUT2D eigenvalue weighted by atomic mass is 10.2. The number of likely N-dealkylation sites (tertiary alicyclic amines) is 1. The number of carbonyl (C=O) groups is 2. The smallest absolute Gasteiger partial charge is 0.307 e.